The molecule has 1 rings (SSSR count). The van der Waals surface area contributed by atoms with Crippen LogP contribution in [0.3, 0.4) is 0 Å². The smallest absolute Gasteiger partial charge is 0.339 e. The number of rotatable bonds is 3. The van der Waals surface area contributed by atoms with Crippen LogP contribution < -0.4 is 10.5 Å². The molecule has 16 heavy (non-hydrogen) atoms. The van der Waals surface area contributed by atoms with Crippen LogP contribution in [0.1, 0.15) is 29.8 Å². The van der Waals surface area contributed by atoms with Crippen molar-refractivity contribution in [3.05, 3.63) is 29.1 Å². The number of carboxylic acid groups (broad SMARTS) is 1. The van der Waals surface area contributed by atoms with E-state index in [-0.39, 0.29) is 11.3 Å². The van der Waals surface area contributed by atoms with Gasteiger partial charge in [0.15, 0.2) is 11.6 Å². The van der Waals surface area contributed by atoms with Crippen LogP contribution in [0.5, 0.6) is 5.75 Å². The molecule has 88 valence electrons. The summed E-state index contributed by atoms with van der Waals surface area (Å²) in [6.07, 6.45) is 0. The fraction of sp³-hybridized carbons (Fsp3) is 0.364. The molecule has 5 heteroatoms. The number of aromatic carboxylic acids is 1. The number of hydrogen-bond donors (Lipinski definition) is 2. The molecule has 1 aromatic carbocycles. The lowest BCUT2D eigenvalue weighted by Gasteiger charge is -2.20. The molecule has 0 amide bonds. The van der Waals surface area contributed by atoms with Gasteiger partial charge in [0.25, 0.3) is 0 Å². The lowest BCUT2D eigenvalue weighted by molar-refractivity contribution is 0.0692. The molecule has 0 aliphatic carbocycles. The zero-order valence-corrected chi connectivity index (χ0v) is 9.37. The highest BCUT2D eigenvalue weighted by atomic mass is 19.1. The molecule has 0 spiro atoms. The second-order valence-electron chi connectivity index (χ2n) is 4.07. The van der Waals surface area contributed by atoms with E-state index < -0.39 is 17.3 Å². The van der Waals surface area contributed by atoms with Gasteiger partial charge in [-0.05, 0) is 31.5 Å². The molecule has 0 saturated carbocycles. The third-order valence-corrected chi connectivity index (χ3v) is 2.22. The highest BCUT2D eigenvalue weighted by molar-refractivity contribution is 5.91. The van der Waals surface area contributed by atoms with E-state index >= 15 is 0 Å². The van der Waals surface area contributed by atoms with Crippen LogP contribution in [0, 0.1) is 5.82 Å². The maximum atomic E-state index is 13.6. The Morgan fingerprint density at radius 2 is 2.06 bits per heavy atom. The van der Waals surface area contributed by atoms with Crippen molar-refractivity contribution in [3.63, 3.8) is 0 Å². The number of methoxy groups -OCH3 is 1. The molecule has 0 aromatic heterocycles. The number of carbonyl (C=O) groups is 1. The van der Waals surface area contributed by atoms with Gasteiger partial charge in [-0.1, -0.05) is 0 Å². The Morgan fingerprint density at radius 1 is 1.50 bits per heavy atom. The molecule has 0 bridgehead atoms. The summed E-state index contributed by atoms with van der Waals surface area (Å²) < 4.78 is 18.3. The van der Waals surface area contributed by atoms with Crippen molar-refractivity contribution in [1.29, 1.82) is 0 Å². The number of halogens is 1. The monoisotopic (exact) mass is 227 g/mol. The Morgan fingerprint density at radius 3 is 2.44 bits per heavy atom. The average Bonchev–Trinajstić information content (AvgIpc) is 2.14. The molecule has 0 heterocycles. The number of hydrogen-bond acceptors (Lipinski definition) is 3. The fourth-order valence-corrected chi connectivity index (χ4v) is 1.33. The largest absolute Gasteiger partial charge is 0.493 e. The average molecular weight is 227 g/mol. The van der Waals surface area contributed by atoms with Gasteiger partial charge in [0.2, 0.25) is 0 Å². The Hall–Kier alpha value is -1.62. The first-order chi connectivity index (χ1) is 7.27. The molecular weight excluding hydrogens is 213 g/mol. The van der Waals surface area contributed by atoms with Crippen molar-refractivity contribution in [2.45, 2.75) is 19.4 Å². The maximum Gasteiger partial charge on any atom is 0.339 e. The zero-order chi connectivity index (χ0) is 12.5. The molecule has 0 aliphatic rings. The van der Waals surface area contributed by atoms with E-state index in [1.165, 1.54) is 19.2 Å². The minimum Gasteiger partial charge on any atom is -0.493 e. The summed E-state index contributed by atoms with van der Waals surface area (Å²) in [5.41, 5.74) is 5.16. The van der Waals surface area contributed by atoms with Crippen LogP contribution in [0.25, 0.3) is 0 Å². The highest BCUT2D eigenvalue weighted by Crippen LogP contribution is 2.28. The molecule has 0 aliphatic heterocycles. The van der Waals surface area contributed by atoms with E-state index in [9.17, 15) is 9.18 Å². The molecule has 0 unspecified atom stereocenters. The highest BCUT2D eigenvalue weighted by Gasteiger charge is 2.22. The van der Waals surface area contributed by atoms with Gasteiger partial charge in [-0.2, -0.15) is 0 Å². The van der Waals surface area contributed by atoms with Gasteiger partial charge in [0.1, 0.15) is 5.56 Å². The molecule has 0 fully saturated rings. The molecule has 0 atom stereocenters. The molecular formula is C11H14FNO3. The predicted molar refractivity (Wildman–Crippen MR) is 57.1 cm³/mol. The second kappa shape index (κ2) is 4.09. The van der Waals surface area contributed by atoms with E-state index in [0.29, 0.717) is 5.56 Å². The van der Waals surface area contributed by atoms with E-state index in [1.807, 2.05) is 0 Å². The van der Waals surface area contributed by atoms with Crippen LogP contribution in [0.4, 0.5) is 4.39 Å². The van der Waals surface area contributed by atoms with Crippen LogP contribution in [-0.4, -0.2) is 18.2 Å². The van der Waals surface area contributed by atoms with Crippen LogP contribution in [-0.2, 0) is 5.54 Å². The van der Waals surface area contributed by atoms with E-state index in [1.54, 1.807) is 13.8 Å². The summed E-state index contributed by atoms with van der Waals surface area (Å²) in [5, 5.41) is 8.92. The molecule has 0 saturated heterocycles. The van der Waals surface area contributed by atoms with Crippen molar-refractivity contribution >= 4 is 5.97 Å². The summed E-state index contributed by atoms with van der Waals surface area (Å²) >= 11 is 0. The standard InChI is InChI=1S/C11H14FNO3/c1-11(2,13)6-4-7(10(14)15)9(16-3)8(12)5-6/h4-5H,13H2,1-3H3,(H,14,15). The van der Waals surface area contributed by atoms with Crippen molar-refractivity contribution < 1.29 is 19.0 Å². The fourth-order valence-electron chi connectivity index (χ4n) is 1.33. The van der Waals surface area contributed by atoms with E-state index in [2.05, 4.69) is 0 Å². The van der Waals surface area contributed by atoms with E-state index in [0.717, 1.165) is 0 Å². The van der Waals surface area contributed by atoms with Gasteiger partial charge >= 0.3 is 5.97 Å². The molecule has 3 N–H and O–H groups in total. The van der Waals surface area contributed by atoms with Crippen LogP contribution in [0.15, 0.2) is 12.1 Å². The molecule has 1 aromatic rings. The molecule has 0 radical (unpaired) electrons. The van der Waals surface area contributed by atoms with Crippen molar-refractivity contribution in [2.75, 3.05) is 7.11 Å². The lowest BCUT2D eigenvalue weighted by atomic mass is 9.93. The summed E-state index contributed by atoms with van der Waals surface area (Å²) in [7, 11) is 1.22. The van der Waals surface area contributed by atoms with E-state index in [4.69, 9.17) is 15.6 Å². The quantitative estimate of drug-likeness (QED) is 0.824. The third-order valence-electron chi connectivity index (χ3n) is 2.22. The predicted octanol–water partition coefficient (Wildman–Crippen LogP) is 1.73. The van der Waals surface area contributed by atoms with Crippen molar-refractivity contribution in [3.8, 4) is 5.75 Å². The maximum absolute atomic E-state index is 13.6. The summed E-state index contributed by atoms with van der Waals surface area (Å²) in [6, 6.07) is 2.51. The normalized spacial score (nSPS) is 11.3. The Labute approximate surface area is 92.8 Å². The minimum atomic E-state index is -1.25. The Bertz CT molecular complexity index is 424. The Balaban J connectivity index is 3.46. The summed E-state index contributed by atoms with van der Waals surface area (Å²) in [4.78, 5) is 10.9. The van der Waals surface area contributed by atoms with Gasteiger partial charge in [0.05, 0.1) is 7.11 Å². The zero-order valence-electron chi connectivity index (χ0n) is 9.37. The second-order valence-corrected chi connectivity index (χ2v) is 4.07. The first kappa shape index (κ1) is 12.4. The van der Waals surface area contributed by atoms with Gasteiger partial charge in [0, 0.05) is 5.54 Å². The van der Waals surface area contributed by atoms with Crippen molar-refractivity contribution in [1.82, 2.24) is 0 Å². The third kappa shape index (κ3) is 2.30. The van der Waals surface area contributed by atoms with Gasteiger partial charge in [-0.15, -0.1) is 0 Å². The SMILES string of the molecule is COc1c(F)cc(C(C)(C)N)cc1C(=O)O. The number of ether oxygens (including phenoxy) is 1. The minimum absolute atomic E-state index is 0.226. The van der Waals surface area contributed by atoms with Gasteiger partial charge in [-0.25, -0.2) is 9.18 Å². The summed E-state index contributed by atoms with van der Waals surface area (Å²) in [5.74, 6) is -2.25. The number of benzene rings is 1. The Kier molecular flexibility index (Phi) is 3.19. The number of nitrogens with two attached hydrogens (primary N) is 1. The van der Waals surface area contributed by atoms with Crippen molar-refractivity contribution in [2.24, 2.45) is 5.73 Å². The number of carboxylic acids is 1. The van der Waals surface area contributed by atoms with Crippen LogP contribution in [0.2, 0.25) is 0 Å². The lowest BCUT2D eigenvalue weighted by Crippen LogP contribution is -2.29. The van der Waals surface area contributed by atoms with Gasteiger partial charge < -0.3 is 15.6 Å². The summed E-state index contributed by atoms with van der Waals surface area (Å²) in [6.45, 7) is 3.33. The molecule has 4 nitrogen and oxygen atoms in total. The first-order valence-corrected chi connectivity index (χ1v) is 4.67. The first-order valence-electron chi connectivity index (χ1n) is 4.67. The topological polar surface area (TPSA) is 72.5 Å². The van der Waals surface area contributed by atoms with Gasteiger partial charge in [-0.3, -0.25) is 0 Å². The van der Waals surface area contributed by atoms with Crippen LogP contribution >= 0.6 is 0 Å².